The summed E-state index contributed by atoms with van der Waals surface area (Å²) < 4.78 is 12.5. The molecule has 30 rings (SSSR count). The molecule has 0 atom stereocenters. The van der Waals surface area contributed by atoms with Crippen LogP contribution in [0.5, 0.6) is 0 Å². The maximum absolute atomic E-state index is 2.56. The molecule has 0 spiro atoms. The van der Waals surface area contributed by atoms with Crippen LogP contribution in [0.1, 0.15) is 132 Å². The fourth-order valence-corrected chi connectivity index (χ4v) is 24.5. The zero-order valence-corrected chi connectivity index (χ0v) is 84.8. The monoisotopic (exact) mass is 1860 g/mol. The Kier molecular flexibility index (Phi) is 18.4. The van der Waals surface area contributed by atoms with Gasteiger partial charge in [-0.2, -0.15) is 0 Å². The van der Waals surface area contributed by atoms with Gasteiger partial charge in [-0.25, -0.2) is 0 Å². The molecule has 8 aromatic heterocycles. The molecule has 0 aliphatic rings. The van der Waals surface area contributed by atoms with E-state index >= 15 is 0 Å². The van der Waals surface area contributed by atoms with Gasteiger partial charge in [0.1, 0.15) is 0 Å². The van der Waals surface area contributed by atoms with Crippen LogP contribution >= 0.6 is 0 Å². The molecule has 145 heavy (non-hydrogen) atoms. The largest absolute Gasteiger partial charge is 0.309 e. The van der Waals surface area contributed by atoms with Gasteiger partial charge in [-0.3, -0.25) is 0 Å². The van der Waals surface area contributed by atoms with E-state index in [4.69, 9.17) is 0 Å². The quantitative estimate of drug-likeness (QED) is 0.164. The van der Waals surface area contributed by atoms with Crippen molar-refractivity contribution in [1.82, 2.24) is 22.3 Å². The highest BCUT2D eigenvalue weighted by Crippen LogP contribution is 2.51. The lowest BCUT2D eigenvalue weighted by Gasteiger charge is -2.19. The van der Waals surface area contributed by atoms with Gasteiger partial charge in [0.25, 0.3) is 0 Å². The zero-order chi connectivity index (χ0) is 98.2. The van der Waals surface area contributed by atoms with Crippen LogP contribution in [0.4, 0.5) is 0 Å². The summed E-state index contributed by atoms with van der Waals surface area (Å²) in [5, 5.41) is 36.2. The van der Waals surface area contributed by atoms with E-state index in [-0.39, 0.29) is 27.1 Å². The molecule has 22 aromatic carbocycles. The van der Waals surface area contributed by atoms with Gasteiger partial charge >= 0.3 is 0 Å². The predicted octanol–water partition coefficient (Wildman–Crippen LogP) is 39.1. The topological polar surface area (TPSA) is 23.1 Å². The van der Waals surface area contributed by atoms with Gasteiger partial charge in [-0.15, -0.1) is 0 Å². The van der Waals surface area contributed by atoms with Crippen molar-refractivity contribution in [3.05, 3.63) is 428 Å². The highest BCUT2D eigenvalue weighted by atomic mass is 15.0. The highest BCUT2D eigenvalue weighted by Gasteiger charge is 2.30. The lowest BCUT2D eigenvalue weighted by atomic mass is 9.85. The van der Waals surface area contributed by atoms with Crippen LogP contribution in [0.25, 0.3) is 267 Å². The summed E-state index contributed by atoms with van der Waals surface area (Å²) in [5.74, 6) is 0. The van der Waals surface area contributed by atoms with Crippen LogP contribution in [-0.2, 0) is 27.1 Å². The Labute approximate surface area is 842 Å². The van der Waals surface area contributed by atoms with Gasteiger partial charge in [0.2, 0.25) is 0 Å². The maximum Gasteiger partial charge on any atom is 0.0620 e. The van der Waals surface area contributed by atoms with E-state index < -0.39 is 0 Å². The summed E-state index contributed by atoms with van der Waals surface area (Å²) in [6, 6.07) is 151. The van der Waals surface area contributed by atoms with Crippen LogP contribution in [0.2, 0.25) is 0 Å². The van der Waals surface area contributed by atoms with Crippen molar-refractivity contribution in [1.29, 1.82) is 0 Å². The summed E-state index contributed by atoms with van der Waals surface area (Å²) in [4.78, 5) is 0. The molecule has 0 N–H and O–H groups in total. The van der Waals surface area contributed by atoms with Gasteiger partial charge in [-0.05, 0) is 323 Å². The van der Waals surface area contributed by atoms with Crippen LogP contribution in [-0.4, -0.2) is 22.3 Å². The number of hydrogen-bond donors (Lipinski definition) is 0. The zero-order valence-electron chi connectivity index (χ0n) is 84.8. The SMILES string of the molecule is CC(C)(C)c1cc2c3cc4ccc(-n5c6ccccc6c6ccccc65)cc4cc3n3c4cc5cc(-n6c7ccccc7c7ccccc76)ccc5cc4c(c1)c23.CC(C)(C)c1ccc(-c2cc3c4cc5ccccc5cc4n4c5cc6ccccc6cc5c(c2)c34)cc1.CC(C)(C)c1ccc(-c2ccc3cc4c5cc(C(C)(C)C)cc6c7cc8ccc(-c9ccc(C(C)(C)C)cc9)cc8cc7n(c4cc3c2)c56)cc1. The second kappa shape index (κ2) is 31.0. The molecule has 0 aliphatic heterocycles. The first kappa shape index (κ1) is 86.3. The molecule has 0 radical (unpaired) electrons. The summed E-state index contributed by atoms with van der Waals surface area (Å²) in [6.45, 7) is 34.4. The van der Waals surface area contributed by atoms with E-state index in [1.165, 1.54) is 295 Å². The Balaban J connectivity index is 0.000000108. The maximum atomic E-state index is 2.56. The first-order valence-corrected chi connectivity index (χ1v) is 51.6. The molecular formula is C140H111N5. The van der Waals surface area contributed by atoms with E-state index in [1.54, 1.807) is 0 Å². The van der Waals surface area contributed by atoms with Crippen molar-refractivity contribution < 1.29 is 0 Å². The lowest BCUT2D eigenvalue weighted by Crippen LogP contribution is -2.10. The Hall–Kier alpha value is -16.6. The predicted molar refractivity (Wildman–Crippen MR) is 627 cm³/mol. The van der Waals surface area contributed by atoms with Gasteiger partial charge in [0, 0.05) is 97.6 Å². The first-order valence-electron chi connectivity index (χ1n) is 51.6. The molecule has 8 heterocycles. The van der Waals surface area contributed by atoms with E-state index in [2.05, 4.69) is 527 Å². The second-order valence-electron chi connectivity index (χ2n) is 46.6. The van der Waals surface area contributed by atoms with Gasteiger partial charge in [0.15, 0.2) is 0 Å². The second-order valence-corrected chi connectivity index (χ2v) is 46.6. The number of para-hydroxylation sites is 4. The third-order valence-electron chi connectivity index (χ3n) is 32.4. The van der Waals surface area contributed by atoms with E-state index in [0.29, 0.717) is 0 Å². The summed E-state index contributed by atoms with van der Waals surface area (Å²) in [6.07, 6.45) is 0. The Morgan fingerprint density at radius 1 is 0.131 bits per heavy atom. The average Bonchev–Trinajstić information content (AvgIpc) is 1.53. The third kappa shape index (κ3) is 13.5. The molecule has 30 aromatic rings. The number of benzene rings is 22. The summed E-state index contributed by atoms with van der Waals surface area (Å²) >= 11 is 0. The molecular weight excluding hydrogens is 1750 g/mol. The highest BCUT2D eigenvalue weighted by molar-refractivity contribution is 6.31. The smallest absolute Gasteiger partial charge is 0.0620 e. The van der Waals surface area contributed by atoms with Crippen molar-refractivity contribution in [2.45, 2.75) is 131 Å². The minimum Gasteiger partial charge on any atom is -0.309 e. The minimum atomic E-state index is 0.00396. The molecule has 0 fully saturated rings. The molecule has 0 saturated heterocycles. The van der Waals surface area contributed by atoms with Crippen molar-refractivity contribution in [3.63, 3.8) is 0 Å². The number of aromatic nitrogens is 5. The molecule has 0 unspecified atom stereocenters. The standard InChI is InChI=1S/C54H37N3.C50H47N.C36H27N/c1-54(2,3)36-30-45-43-26-32-20-22-37(55-47-16-8-4-12-39(47)40-13-5-9-17-48(40)55)24-34(32)28-51(43)57-52-29-35-25-38(23-21-33(35)27-44(52)46(31-36)53(45)57)56-49-18-10-6-14-41(49)42-15-7-11-19-50(42)56;1-48(2,3)38-18-14-30(15-19-38)32-10-12-34-24-41-43-28-40(50(7,8)9)29-44-42-25-35-13-11-33(31-16-20-39(21-17-31)49(4,5)6)23-37(35)27-46(42)51(47(43)44)45(41)26-36(34)22-32;1-36(2,3)28-14-12-22(13-15-28)27-18-31-29-16-23-8-4-6-10-25(23)20-33(29)37-34-21-26-11-7-5-9-24(26)17-30(34)32(19-27)35(31)37/h4-31H,1-3H3;10-29H,1-9H3;4-21H,1-3H3. The number of hydrogen-bond acceptors (Lipinski definition) is 0. The molecule has 696 valence electrons. The van der Waals surface area contributed by atoms with Gasteiger partial charge in [-0.1, -0.05) is 334 Å². The molecule has 5 heteroatoms. The Morgan fingerprint density at radius 2 is 0.345 bits per heavy atom. The molecule has 0 saturated carbocycles. The molecule has 0 bridgehead atoms. The molecule has 0 aliphatic carbocycles. The molecule has 0 amide bonds. The lowest BCUT2D eigenvalue weighted by molar-refractivity contribution is 0.590. The van der Waals surface area contributed by atoms with Crippen LogP contribution in [0, 0.1) is 0 Å². The van der Waals surface area contributed by atoms with Crippen molar-refractivity contribution in [3.8, 4) is 44.8 Å². The van der Waals surface area contributed by atoms with Crippen LogP contribution in [0.15, 0.2) is 400 Å². The van der Waals surface area contributed by atoms with Gasteiger partial charge < -0.3 is 22.3 Å². The van der Waals surface area contributed by atoms with Crippen LogP contribution in [0.3, 0.4) is 0 Å². The van der Waals surface area contributed by atoms with E-state index in [0.717, 1.165) is 0 Å². The van der Waals surface area contributed by atoms with Gasteiger partial charge in [0.05, 0.1) is 71.7 Å². The van der Waals surface area contributed by atoms with E-state index in [1.807, 2.05) is 0 Å². The molecule has 5 nitrogen and oxygen atoms in total. The summed E-state index contributed by atoms with van der Waals surface area (Å²) in [5.41, 5.74) is 33.7. The van der Waals surface area contributed by atoms with Crippen molar-refractivity contribution in [2.24, 2.45) is 0 Å². The average molecular weight is 1860 g/mol. The minimum absolute atomic E-state index is 0.00396. The summed E-state index contributed by atoms with van der Waals surface area (Å²) in [7, 11) is 0. The van der Waals surface area contributed by atoms with Crippen molar-refractivity contribution in [2.75, 3.05) is 0 Å². The number of fused-ring (bicyclic) bond motifs is 30. The Morgan fingerprint density at radius 3 is 0.621 bits per heavy atom. The third-order valence-corrected chi connectivity index (χ3v) is 32.4. The normalized spacial score (nSPS) is 12.9. The fraction of sp³-hybridized carbons (Fsp3) is 0.143. The van der Waals surface area contributed by atoms with Crippen molar-refractivity contribution >= 4 is 223 Å². The van der Waals surface area contributed by atoms with E-state index in [9.17, 15) is 0 Å². The number of rotatable bonds is 5. The first-order chi connectivity index (χ1) is 70.0. The van der Waals surface area contributed by atoms with Crippen LogP contribution < -0.4 is 0 Å². The Bertz CT molecular complexity index is 10000. The number of nitrogens with zero attached hydrogens (tertiary/aromatic N) is 5. The fourth-order valence-electron chi connectivity index (χ4n) is 24.5.